The molecule has 0 rings (SSSR count). The lowest BCUT2D eigenvalue weighted by Crippen LogP contribution is -2.46. The van der Waals surface area contributed by atoms with E-state index in [1.807, 2.05) is 0 Å². The summed E-state index contributed by atoms with van der Waals surface area (Å²) in [5, 5.41) is 0. The molecule has 0 aromatic heterocycles. The maximum Gasteiger partial charge on any atom is 0.0102 e. The van der Waals surface area contributed by atoms with Gasteiger partial charge in [-0.15, -0.1) is 0 Å². The van der Waals surface area contributed by atoms with Crippen LogP contribution in [0.1, 0.15) is 128 Å². The van der Waals surface area contributed by atoms with Crippen LogP contribution in [0.4, 0.5) is 0 Å². The molecular weight excluding hydrogens is 380 g/mol. The van der Waals surface area contributed by atoms with Crippen LogP contribution in [0.3, 0.4) is 0 Å². The van der Waals surface area contributed by atoms with E-state index in [-0.39, 0.29) is 38.3 Å². The van der Waals surface area contributed by atoms with Crippen molar-refractivity contribution in [1.82, 2.24) is 0 Å². The van der Waals surface area contributed by atoms with Crippen molar-refractivity contribution >= 4 is 0 Å². The second-order valence-electron chi connectivity index (χ2n) is 15.6. The van der Waals surface area contributed by atoms with Gasteiger partial charge in [0, 0.05) is 16.6 Å². The predicted octanol–water partition coefficient (Wildman–Crippen LogP) is 5.95. The molecule has 188 valence electrons. The average molecular weight is 441 g/mol. The highest BCUT2D eigenvalue weighted by molar-refractivity contribution is 4.98. The van der Waals surface area contributed by atoms with Crippen molar-refractivity contribution in [3.8, 4) is 0 Å². The van der Waals surface area contributed by atoms with Crippen molar-refractivity contribution in [3.05, 3.63) is 0 Å². The summed E-state index contributed by atoms with van der Waals surface area (Å²) in [5.74, 6) is 0. The average Bonchev–Trinajstić information content (AvgIpc) is 2.24. The van der Waals surface area contributed by atoms with Gasteiger partial charge in [0.05, 0.1) is 0 Å². The monoisotopic (exact) mass is 440 g/mol. The van der Waals surface area contributed by atoms with Crippen molar-refractivity contribution in [2.75, 3.05) is 6.54 Å². The first-order valence-corrected chi connectivity index (χ1v) is 12.4. The van der Waals surface area contributed by atoms with E-state index in [0.29, 0.717) is 6.54 Å². The van der Waals surface area contributed by atoms with Crippen LogP contribution in [0.2, 0.25) is 0 Å². The summed E-state index contributed by atoms with van der Waals surface area (Å²) in [5.41, 5.74) is 25.6. The van der Waals surface area contributed by atoms with E-state index in [1.54, 1.807) is 0 Å². The van der Waals surface area contributed by atoms with Crippen molar-refractivity contribution in [2.45, 2.75) is 145 Å². The van der Waals surface area contributed by atoms with Gasteiger partial charge in [-0.2, -0.15) is 0 Å². The Bertz CT molecular complexity index is 465. The van der Waals surface area contributed by atoms with Crippen molar-refractivity contribution in [2.24, 2.45) is 44.6 Å². The topological polar surface area (TPSA) is 104 Å². The Kier molecular flexibility index (Phi) is 9.94. The molecule has 0 heterocycles. The lowest BCUT2D eigenvalue weighted by Gasteiger charge is -2.50. The molecule has 0 unspecified atom stereocenters. The highest BCUT2D eigenvalue weighted by Gasteiger charge is 2.45. The summed E-state index contributed by atoms with van der Waals surface area (Å²) in [4.78, 5) is 0. The summed E-state index contributed by atoms with van der Waals surface area (Å²) in [7, 11) is 0. The molecule has 0 aromatic carbocycles. The third-order valence-corrected chi connectivity index (χ3v) is 6.04. The van der Waals surface area contributed by atoms with Crippen molar-refractivity contribution < 1.29 is 0 Å². The zero-order valence-corrected chi connectivity index (χ0v) is 23.5. The minimum atomic E-state index is -0.193. The van der Waals surface area contributed by atoms with E-state index < -0.39 is 0 Å². The van der Waals surface area contributed by atoms with Crippen LogP contribution in [0.5, 0.6) is 0 Å². The van der Waals surface area contributed by atoms with E-state index in [4.69, 9.17) is 22.9 Å². The zero-order chi connectivity index (χ0) is 25.2. The minimum absolute atomic E-state index is 0.118. The van der Waals surface area contributed by atoms with Gasteiger partial charge in [-0.25, -0.2) is 0 Å². The molecular formula is C27H60N4. The Balaban J connectivity index is 6.24. The van der Waals surface area contributed by atoms with Gasteiger partial charge in [0.2, 0.25) is 0 Å². The second kappa shape index (κ2) is 9.99. The summed E-state index contributed by atoms with van der Waals surface area (Å²) in [6.07, 6.45) is 7.31. The molecule has 8 N–H and O–H groups in total. The molecule has 0 spiro atoms. The number of hydrogen-bond acceptors (Lipinski definition) is 4. The van der Waals surface area contributed by atoms with Gasteiger partial charge in [0.25, 0.3) is 0 Å². The van der Waals surface area contributed by atoms with Gasteiger partial charge in [0.1, 0.15) is 0 Å². The van der Waals surface area contributed by atoms with Crippen LogP contribution in [0.15, 0.2) is 0 Å². The highest BCUT2D eigenvalue weighted by Crippen LogP contribution is 2.54. The molecule has 0 aliphatic carbocycles. The van der Waals surface area contributed by atoms with E-state index in [0.717, 1.165) is 44.9 Å². The van der Waals surface area contributed by atoms with Crippen molar-refractivity contribution in [3.63, 3.8) is 0 Å². The molecule has 0 aromatic rings. The Morgan fingerprint density at radius 2 is 0.645 bits per heavy atom. The zero-order valence-electron chi connectivity index (χ0n) is 23.5. The van der Waals surface area contributed by atoms with E-state index in [2.05, 4.69) is 83.1 Å². The second-order valence-corrected chi connectivity index (χ2v) is 15.6. The van der Waals surface area contributed by atoms with Gasteiger partial charge < -0.3 is 22.9 Å². The third kappa shape index (κ3) is 14.6. The largest absolute Gasteiger partial charge is 0.330 e. The molecule has 0 fully saturated rings. The fourth-order valence-electron chi connectivity index (χ4n) is 7.69. The maximum atomic E-state index is 6.48. The molecule has 0 aliphatic rings. The smallest absolute Gasteiger partial charge is 0.0102 e. The summed E-state index contributed by atoms with van der Waals surface area (Å²) < 4.78 is 0. The molecule has 0 saturated heterocycles. The number of hydrogen-bond donors (Lipinski definition) is 4. The summed E-state index contributed by atoms with van der Waals surface area (Å²) >= 11 is 0. The molecule has 0 saturated carbocycles. The minimum Gasteiger partial charge on any atom is -0.330 e. The van der Waals surface area contributed by atoms with Gasteiger partial charge in [-0.05, 0) is 115 Å². The Morgan fingerprint density at radius 3 is 0.806 bits per heavy atom. The molecule has 0 atom stereocenters. The van der Waals surface area contributed by atoms with Gasteiger partial charge in [-0.1, -0.05) is 41.5 Å². The van der Waals surface area contributed by atoms with Crippen LogP contribution in [-0.4, -0.2) is 23.2 Å². The van der Waals surface area contributed by atoms with E-state index in [9.17, 15) is 0 Å². The van der Waals surface area contributed by atoms with E-state index >= 15 is 0 Å². The standard InChI is InChI=1S/C27H60N4/c1-21(2,15-24(7,8)29)18-27(13-14-28,19-22(3,4)16-25(9,10)30)20-23(5,6)17-26(11,12)31/h13-20,28-31H2,1-12H3. The van der Waals surface area contributed by atoms with Crippen LogP contribution < -0.4 is 22.9 Å². The SMILES string of the molecule is CC(C)(N)CC(C)(C)CC(CCN)(CC(C)(C)CC(C)(C)N)CC(C)(C)CC(C)(C)N. The summed E-state index contributed by atoms with van der Waals surface area (Å²) in [6, 6.07) is 0. The lowest BCUT2D eigenvalue weighted by atomic mass is 9.55. The highest BCUT2D eigenvalue weighted by atomic mass is 14.7. The Morgan fingerprint density at radius 1 is 0.419 bits per heavy atom. The molecule has 0 amide bonds. The molecule has 0 radical (unpaired) electrons. The molecule has 4 nitrogen and oxygen atoms in total. The van der Waals surface area contributed by atoms with Crippen LogP contribution in [-0.2, 0) is 0 Å². The van der Waals surface area contributed by atoms with E-state index in [1.165, 1.54) is 0 Å². The van der Waals surface area contributed by atoms with Crippen molar-refractivity contribution in [1.29, 1.82) is 0 Å². The Hall–Kier alpha value is -0.160. The van der Waals surface area contributed by atoms with Gasteiger partial charge in [0.15, 0.2) is 0 Å². The summed E-state index contributed by atoms with van der Waals surface area (Å²) in [6.45, 7) is 27.8. The maximum absolute atomic E-state index is 6.48. The van der Waals surface area contributed by atoms with Crippen LogP contribution >= 0.6 is 0 Å². The first-order chi connectivity index (χ1) is 13.3. The number of rotatable bonds is 14. The lowest BCUT2D eigenvalue weighted by molar-refractivity contribution is 0.0150. The Labute approximate surface area is 196 Å². The molecule has 0 aliphatic heterocycles. The third-order valence-electron chi connectivity index (χ3n) is 6.04. The first kappa shape index (κ1) is 30.8. The fourth-order valence-corrected chi connectivity index (χ4v) is 7.69. The normalized spacial score (nSPS) is 15.5. The molecule has 31 heavy (non-hydrogen) atoms. The quantitative estimate of drug-likeness (QED) is 0.268. The molecule has 4 heteroatoms. The van der Waals surface area contributed by atoms with Crippen LogP contribution in [0.25, 0.3) is 0 Å². The fraction of sp³-hybridized carbons (Fsp3) is 1.00. The van der Waals surface area contributed by atoms with Crippen LogP contribution in [0, 0.1) is 21.7 Å². The number of nitrogens with two attached hydrogens (primary N) is 4. The molecule has 0 bridgehead atoms. The first-order valence-electron chi connectivity index (χ1n) is 12.4. The van der Waals surface area contributed by atoms with Gasteiger partial charge >= 0.3 is 0 Å². The van der Waals surface area contributed by atoms with Gasteiger partial charge in [-0.3, -0.25) is 0 Å². The predicted molar refractivity (Wildman–Crippen MR) is 140 cm³/mol.